The summed E-state index contributed by atoms with van der Waals surface area (Å²) in [5.74, 6) is 0.945. The van der Waals surface area contributed by atoms with Crippen LogP contribution in [0.5, 0.6) is 0 Å². The molecule has 3 aromatic rings. The third-order valence-electron chi connectivity index (χ3n) is 8.03. The third kappa shape index (κ3) is 2.96. The predicted molar refractivity (Wildman–Crippen MR) is 130 cm³/mol. The highest BCUT2D eigenvalue weighted by Crippen LogP contribution is 2.48. The van der Waals surface area contributed by atoms with E-state index >= 15 is 0 Å². The lowest BCUT2D eigenvalue weighted by Crippen LogP contribution is -2.45. The molecule has 0 amide bonds. The van der Waals surface area contributed by atoms with Crippen molar-refractivity contribution >= 4 is 28.1 Å². The highest BCUT2D eigenvalue weighted by Gasteiger charge is 2.41. The van der Waals surface area contributed by atoms with Crippen LogP contribution in [0.1, 0.15) is 48.5 Å². The lowest BCUT2D eigenvalue weighted by atomic mass is 9.85. The van der Waals surface area contributed by atoms with Gasteiger partial charge in [0.2, 0.25) is 0 Å². The monoisotopic (exact) mass is 459 g/mol. The number of fused-ring (bicyclic) bond motifs is 2. The van der Waals surface area contributed by atoms with E-state index in [0.717, 1.165) is 78.8 Å². The molecule has 7 heteroatoms. The highest BCUT2D eigenvalue weighted by molar-refractivity contribution is 6.28. The lowest BCUT2D eigenvalue weighted by molar-refractivity contribution is -0.169. The summed E-state index contributed by atoms with van der Waals surface area (Å²) in [6, 6.07) is 9.93. The van der Waals surface area contributed by atoms with Gasteiger partial charge >= 0.3 is 0 Å². The molecule has 4 heterocycles. The number of carbonyl (C=O) groups excluding carboxylic acids is 1. The molecular formula is C27H29N3O4. The first-order chi connectivity index (χ1) is 16.6. The number of piperidine rings is 2. The first-order valence-corrected chi connectivity index (χ1v) is 12.5. The van der Waals surface area contributed by atoms with Gasteiger partial charge in [0, 0.05) is 50.1 Å². The summed E-state index contributed by atoms with van der Waals surface area (Å²) in [5.41, 5.74) is 5.13. The van der Waals surface area contributed by atoms with Crippen molar-refractivity contribution in [2.45, 2.75) is 38.4 Å². The quantitative estimate of drug-likeness (QED) is 0.433. The number of hydrogen-bond acceptors (Lipinski definition) is 7. The fourth-order valence-electron chi connectivity index (χ4n) is 6.30. The van der Waals surface area contributed by atoms with Crippen molar-refractivity contribution < 1.29 is 18.8 Å². The Hall–Kier alpha value is -2.90. The van der Waals surface area contributed by atoms with E-state index in [-0.39, 0.29) is 5.78 Å². The van der Waals surface area contributed by atoms with Crippen LogP contribution >= 0.6 is 0 Å². The Bertz CT molecular complexity index is 1280. The molecule has 4 aliphatic rings. The van der Waals surface area contributed by atoms with Gasteiger partial charge in [0.05, 0.1) is 35.5 Å². The van der Waals surface area contributed by atoms with Crippen molar-refractivity contribution in [3.05, 3.63) is 41.5 Å². The SMILES string of the molecule is C[C@H]1CCCN(c2cc(N3CCC4(CC3)OCCO4)c3noc4c3c2C(=O)c2ccccc2-4)C1. The van der Waals surface area contributed by atoms with Crippen LogP contribution in [-0.2, 0) is 9.47 Å². The number of anilines is 2. The molecule has 34 heavy (non-hydrogen) atoms. The number of carbonyl (C=O) groups is 1. The fraction of sp³-hybridized carbons (Fsp3) is 0.481. The van der Waals surface area contributed by atoms with Crippen molar-refractivity contribution in [2.75, 3.05) is 49.2 Å². The zero-order valence-electron chi connectivity index (χ0n) is 19.5. The van der Waals surface area contributed by atoms with Gasteiger partial charge in [-0.3, -0.25) is 4.79 Å². The minimum Gasteiger partial charge on any atom is -0.371 e. The number of hydrogen-bond donors (Lipinski definition) is 0. The Labute approximate surface area is 198 Å². The minimum absolute atomic E-state index is 0.0708. The molecule has 176 valence electrons. The van der Waals surface area contributed by atoms with Gasteiger partial charge in [0.1, 0.15) is 5.52 Å². The molecule has 3 saturated heterocycles. The Morgan fingerprint density at radius 2 is 1.76 bits per heavy atom. The Kier molecular flexibility index (Phi) is 4.55. The normalized spacial score (nSPS) is 23.7. The predicted octanol–water partition coefficient (Wildman–Crippen LogP) is 4.62. The highest BCUT2D eigenvalue weighted by atomic mass is 16.7. The molecule has 7 nitrogen and oxygen atoms in total. The third-order valence-corrected chi connectivity index (χ3v) is 8.03. The molecule has 3 aliphatic heterocycles. The largest absolute Gasteiger partial charge is 0.371 e. The van der Waals surface area contributed by atoms with Crippen LogP contribution in [0, 0.1) is 5.92 Å². The van der Waals surface area contributed by atoms with E-state index in [2.05, 4.69) is 27.9 Å². The first-order valence-electron chi connectivity index (χ1n) is 12.5. The van der Waals surface area contributed by atoms with E-state index in [1.54, 1.807) is 0 Å². The Morgan fingerprint density at radius 1 is 1.00 bits per heavy atom. The summed E-state index contributed by atoms with van der Waals surface area (Å²) >= 11 is 0. The summed E-state index contributed by atoms with van der Waals surface area (Å²) in [4.78, 5) is 18.6. The van der Waals surface area contributed by atoms with Crippen LogP contribution < -0.4 is 9.80 Å². The van der Waals surface area contributed by atoms with Crippen LogP contribution in [0.2, 0.25) is 0 Å². The number of ketones is 1. The van der Waals surface area contributed by atoms with E-state index in [1.807, 2.05) is 24.3 Å². The van der Waals surface area contributed by atoms with Gasteiger partial charge in [-0.1, -0.05) is 36.3 Å². The molecule has 1 spiro atoms. The Morgan fingerprint density at radius 3 is 2.53 bits per heavy atom. The summed E-state index contributed by atoms with van der Waals surface area (Å²) in [7, 11) is 0. The molecule has 0 saturated carbocycles. The fourth-order valence-corrected chi connectivity index (χ4v) is 6.30. The van der Waals surface area contributed by atoms with Gasteiger partial charge in [-0.05, 0) is 24.8 Å². The maximum absolute atomic E-state index is 13.9. The standard InChI is InChI=1S/C27H29N3O4/c1-17-5-4-10-30(16-17)20-15-21(29-11-8-27(9-12-29)32-13-14-33-27)24-23-22(20)25(31)18-6-2-3-7-19(18)26(23)34-28-24/h2-3,6-7,15,17H,4-5,8-14,16H2,1H3/t17-/m0/s1. The molecule has 0 radical (unpaired) electrons. The van der Waals surface area contributed by atoms with E-state index in [4.69, 9.17) is 14.0 Å². The van der Waals surface area contributed by atoms with Gasteiger partial charge in [-0.25, -0.2) is 0 Å². The minimum atomic E-state index is -0.435. The van der Waals surface area contributed by atoms with Gasteiger partial charge < -0.3 is 23.8 Å². The number of nitrogens with zero attached hydrogens (tertiary/aromatic N) is 3. The van der Waals surface area contributed by atoms with E-state index in [1.165, 1.54) is 6.42 Å². The summed E-state index contributed by atoms with van der Waals surface area (Å²) in [6.45, 7) is 7.19. The smallest absolute Gasteiger partial charge is 0.196 e. The summed E-state index contributed by atoms with van der Waals surface area (Å²) in [5, 5.41) is 5.40. The average Bonchev–Trinajstić information content (AvgIpc) is 3.51. The van der Waals surface area contributed by atoms with Crippen molar-refractivity contribution in [2.24, 2.45) is 5.92 Å². The summed E-state index contributed by atoms with van der Waals surface area (Å²) < 4.78 is 17.9. The summed E-state index contributed by atoms with van der Waals surface area (Å²) in [6.07, 6.45) is 4.00. The number of rotatable bonds is 2. The molecule has 3 fully saturated rings. The van der Waals surface area contributed by atoms with Crippen LogP contribution in [0.3, 0.4) is 0 Å². The lowest BCUT2D eigenvalue weighted by Gasteiger charge is -2.40. The van der Waals surface area contributed by atoms with Crippen molar-refractivity contribution in [3.8, 4) is 11.3 Å². The molecule has 1 aromatic heterocycles. The van der Waals surface area contributed by atoms with E-state index < -0.39 is 5.79 Å². The van der Waals surface area contributed by atoms with Gasteiger partial charge in [-0.2, -0.15) is 0 Å². The second-order valence-electron chi connectivity index (χ2n) is 10.2. The molecule has 1 aliphatic carbocycles. The van der Waals surface area contributed by atoms with Crippen LogP contribution in [0.25, 0.3) is 22.2 Å². The molecule has 1 atom stereocenters. The molecular weight excluding hydrogens is 430 g/mol. The van der Waals surface area contributed by atoms with Crippen LogP contribution in [0.15, 0.2) is 34.9 Å². The van der Waals surface area contributed by atoms with Crippen LogP contribution in [-0.4, -0.2) is 56.1 Å². The van der Waals surface area contributed by atoms with Crippen molar-refractivity contribution in [1.29, 1.82) is 0 Å². The Balaban J connectivity index is 1.40. The topological polar surface area (TPSA) is 68.0 Å². The number of benzene rings is 2. The molecule has 2 aromatic carbocycles. The molecule has 0 bridgehead atoms. The molecule has 0 N–H and O–H groups in total. The van der Waals surface area contributed by atoms with Crippen LogP contribution in [0.4, 0.5) is 11.4 Å². The maximum atomic E-state index is 13.9. The maximum Gasteiger partial charge on any atom is 0.196 e. The first kappa shape index (κ1) is 20.5. The second-order valence-corrected chi connectivity index (χ2v) is 10.2. The van der Waals surface area contributed by atoms with Gasteiger partial charge in [0.15, 0.2) is 17.3 Å². The van der Waals surface area contributed by atoms with E-state index in [9.17, 15) is 4.79 Å². The van der Waals surface area contributed by atoms with E-state index in [0.29, 0.717) is 30.5 Å². The van der Waals surface area contributed by atoms with Gasteiger partial charge in [-0.15, -0.1) is 0 Å². The van der Waals surface area contributed by atoms with Crippen molar-refractivity contribution in [1.82, 2.24) is 5.16 Å². The number of aromatic nitrogens is 1. The van der Waals surface area contributed by atoms with Gasteiger partial charge in [0.25, 0.3) is 0 Å². The number of ether oxygens (including phenoxy) is 2. The zero-order valence-corrected chi connectivity index (χ0v) is 19.5. The molecule has 0 unspecified atom stereocenters. The molecule has 7 rings (SSSR count). The average molecular weight is 460 g/mol. The zero-order chi connectivity index (χ0) is 22.9. The second kappa shape index (κ2) is 7.55. The van der Waals surface area contributed by atoms with Crippen molar-refractivity contribution in [3.63, 3.8) is 0 Å².